The van der Waals surface area contributed by atoms with E-state index in [9.17, 15) is 9.59 Å². The van der Waals surface area contributed by atoms with Gasteiger partial charge in [-0.1, -0.05) is 0 Å². The predicted molar refractivity (Wildman–Crippen MR) is 93.4 cm³/mol. The minimum atomic E-state index is -0.524. The normalized spacial score (nSPS) is 21.7. The topological polar surface area (TPSA) is 68.3 Å². The molecule has 25 heavy (non-hydrogen) atoms. The molecule has 0 radical (unpaired) electrons. The van der Waals surface area contributed by atoms with Crippen molar-refractivity contribution < 1.29 is 23.8 Å². The highest BCUT2D eigenvalue weighted by Crippen LogP contribution is 2.32. The average Bonchev–Trinajstić information content (AvgIpc) is 2.54. The van der Waals surface area contributed by atoms with Crippen LogP contribution in [0.3, 0.4) is 0 Å². The van der Waals surface area contributed by atoms with E-state index >= 15 is 0 Å². The summed E-state index contributed by atoms with van der Waals surface area (Å²) in [6.45, 7) is 12.9. The molecule has 0 N–H and O–H groups in total. The SMILES string of the molecule is CC(C)(C)OC(=O)N1CCC(C)(C(=O)OCCN2CCOCC2)CC1. The molecule has 0 unspecified atom stereocenters. The molecular formula is C18H32N2O5. The summed E-state index contributed by atoms with van der Waals surface area (Å²) in [6.07, 6.45) is 0.890. The van der Waals surface area contributed by atoms with Gasteiger partial charge < -0.3 is 19.1 Å². The second-order valence-electron chi connectivity index (χ2n) is 8.12. The van der Waals surface area contributed by atoms with Gasteiger partial charge in [-0.15, -0.1) is 0 Å². The number of morpholine rings is 1. The van der Waals surface area contributed by atoms with Gasteiger partial charge in [0.2, 0.25) is 0 Å². The van der Waals surface area contributed by atoms with Crippen LogP contribution in [0.2, 0.25) is 0 Å². The lowest BCUT2D eigenvalue weighted by atomic mass is 9.80. The molecule has 2 rings (SSSR count). The molecule has 0 bridgehead atoms. The molecule has 0 atom stereocenters. The minimum absolute atomic E-state index is 0.162. The van der Waals surface area contributed by atoms with Crippen molar-refractivity contribution in [3.63, 3.8) is 0 Å². The smallest absolute Gasteiger partial charge is 0.410 e. The van der Waals surface area contributed by atoms with E-state index in [1.165, 1.54) is 0 Å². The van der Waals surface area contributed by atoms with Crippen molar-refractivity contribution in [1.29, 1.82) is 0 Å². The number of amides is 1. The van der Waals surface area contributed by atoms with E-state index in [2.05, 4.69) is 4.90 Å². The van der Waals surface area contributed by atoms with Gasteiger partial charge in [-0.2, -0.15) is 0 Å². The number of likely N-dealkylation sites (tertiary alicyclic amines) is 1. The zero-order valence-electron chi connectivity index (χ0n) is 16.0. The molecule has 0 aromatic carbocycles. The van der Waals surface area contributed by atoms with Gasteiger partial charge in [0, 0.05) is 32.7 Å². The van der Waals surface area contributed by atoms with Crippen LogP contribution in [0.25, 0.3) is 0 Å². The zero-order valence-corrected chi connectivity index (χ0v) is 16.0. The molecule has 7 heteroatoms. The molecule has 1 amide bonds. The zero-order chi connectivity index (χ0) is 18.5. The maximum absolute atomic E-state index is 12.5. The highest BCUT2D eigenvalue weighted by atomic mass is 16.6. The van der Waals surface area contributed by atoms with Crippen LogP contribution in [0.5, 0.6) is 0 Å². The van der Waals surface area contributed by atoms with Gasteiger partial charge in [0.25, 0.3) is 0 Å². The third kappa shape index (κ3) is 6.15. The van der Waals surface area contributed by atoms with Gasteiger partial charge >= 0.3 is 12.1 Å². The molecule has 2 heterocycles. The first-order valence-electron chi connectivity index (χ1n) is 9.15. The lowest BCUT2D eigenvalue weighted by Gasteiger charge is -2.38. The standard InChI is InChI=1S/C18H32N2O5/c1-17(2,3)25-16(22)20-7-5-18(4,6-8-20)15(21)24-14-11-19-9-12-23-13-10-19/h5-14H2,1-4H3. The molecule has 2 aliphatic heterocycles. The highest BCUT2D eigenvalue weighted by molar-refractivity contribution is 5.77. The van der Waals surface area contributed by atoms with Crippen LogP contribution >= 0.6 is 0 Å². The van der Waals surface area contributed by atoms with Crippen LogP contribution in [-0.2, 0) is 19.0 Å². The van der Waals surface area contributed by atoms with E-state index in [-0.39, 0.29) is 12.1 Å². The summed E-state index contributed by atoms with van der Waals surface area (Å²) in [6, 6.07) is 0. The van der Waals surface area contributed by atoms with Crippen LogP contribution < -0.4 is 0 Å². The fourth-order valence-corrected chi connectivity index (χ4v) is 2.98. The van der Waals surface area contributed by atoms with E-state index < -0.39 is 11.0 Å². The van der Waals surface area contributed by atoms with Crippen molar-refractivity contribution in [2.24, 2.45) is 5.41 Å². The summed E-state index contributed by atoms with van der Waals surface area (Å²) in [5.41, 5.74) is -1.03. The first-order valence-corrected chi connectivity index (χ1v) is 9.15. The minimum Gasteiger partial charge on any atom is -0.464 e. The van der Waals surface area contributed by atoms with Gasteiger partial charge in [0.1, 0.15) is 12.2 Å². The number of piperidine rings is 1. The third-order valence-corrected chi connectivity index (χ3v) is 4.76. The molecule has 7 nitrogen and oxygen atoms in total. The van der Waals surface area contributed by atoms with E-state index in [1.54, 1.807) is 4.90 Å². The molecule has 0 aromatic heterocycles. The van der Waals surface area contributed by atoms with Crippen LogP contribution in [0.4, 0.5) is 4.79 Å². The average molecular weight is 356 g/mol. The molecule has 0 aromatic rings. The maximum atomic E-state index is 12.5. The van der Waals surface area contributed by atoms with Gasteiger partial charge in [-0.3, -0.25) is 9.69 Å². The summed E-state index contributed by atoms with van der Waals surface area (Å²) >= 11 is 0. The van der Waals surface area contributed by atoms with Crippen molar-refractivity contribution in [1.82, 2.24) is 9.80 Å². The van der Waals surface area contributed by atoms with Crippen molar-refractivity contribution in [3.8, 4) is 0 Å². The number of nitrogens with zero attached hydrogens (tertiary/aromatic N) is 2. The van der Waals surface area contributed by atoms with Gasteiger partial charge in [-0.05, 0) is 40.5 Å². The van der Waals surface area contributed by atoms with Crippen molar-refractivity contribution in [3.05, 3.63) is 0 Å². The Labute approximate surface area is 150 Å². The molecule has 2 fully saturated rings. The Morgan fingerprint density at radius 2 is 1.68 bits per heavy atom. The Kier molecular flexibility index (Phi) is 6.68. The van der Waals surface area contributed by atoms with E-state index in [4.69, 9.17) is 14.2 Å². The number of carbonyl (C=O) groups is 2. The largest absolute Gasteiger partial charge is 0.464 e. The Morgan fingerprint density at radius 3 is 2.24 bits per heavy atom. The van der Waals surface area contributed by atoms with Crippen LogP contribution in [0, 0.1) is 5.41 Å². The molecule has 144 valence electrons. The summed E-state index contributed by atoms with van der Waals surface area (Å²) in [5, 5.41) is 0. The van der Waals surface area contributed by atoms with Gasteiger partial charge in [0.05, 0.1) is 18.6 Å². The first kappa shape index (κ1) is 20.0. The van der Waals surface area contributed by atoms with Crippen molar-refractivity contribution >= 4 is 12.1 Å². The molecule has 2 aliphatic rings. The van der Waals surface area contributed by atoms with E-state index in [0.717, 1.165) is 32.8 Å². The Balaban J connectivity index is 1.73. The number of rotatable bonds is 4. The molecular weight excluding hydrogens is 324 g/mol. The summed E-state index contributed by atoms with van der Waals surface area (Å²) in [7, 11) is 0. The highest BCUT2D eigenvalue weighted by Gasteiger charge is 2.40. The second-order valence-corrected chi connectivity index (χ2v) is 8.12. The van der Waals surface area contributed by atoms with Crippen molar-refractivity contribution in [2.75, 3.05) is 52.5 Å². The Morgan fingerprint density at radius 1 is 1.08 bits per heavy atom. The van der Waals surface area contributed by atoms with Crippen LogP contribution in [-0.4, -0.2) is 80.0 Å². The number of hydrogen-bond donors (Lipinski definition) is 0. The monoisotopic (exact) mass is 356 g/mol. The van der Waals surface area contributed by atoms with E-state index in [0.29, 0.717) is 32.5 Å². The van der Waals surface area contributed by atoms with Gasteiger partial charge in [-0.25, -0.2) is 4.79 Å². The Bertz CT molecular complexity index is 461. The third-order valence-electron chi connectivity index (χ3n) is 4.76. The predicted octanol–water partition coefficient (Wildman–Crippen LogP) is 1.90. The number of ether oxygens (including phenoxy) is 3. The Hall–Kier alpha value is -1.34. The summed E-state index contributed by atoms with van der Waals surface area (Å²) in [5.74, 6) is -0.162. The number of hydrogen-bond acceptors (Lipinski definition) is 6. The van der Waals surface area contributed by atoms with E-state index in [1.807, 2.05) is 27.7 Å². The van der Waals surface area contributed by atoms with Crippen LogP contribution in [0.15, 0.2) is 0 Å². The lowest BCUT2D eigenvalue weighted by Crippen LogP contribution is -2.47. The summed E-state index contributed by atoms with van der Waals surface area (Å²) in [4.78, 5) is 28.5. The van der Waals surface area contributed by atoms with Crippen molar-refractivity contribution in [2.45, 2.75) is 46.1 Å². The summed E-state index contributed by atoms with van der Waals surface area (Å²) < 4.78 is 16.2. The molecule has 0 spiro atoms. The fraction of sp³-hybridized carbons (Fsp3) is 0.889. The quantitative estimate of drug-likeness (QED) is 0.717. The maximum Gasteiger partial charge on any atom is 0.410 e. The molecule has 2 saturated heterocycles. The van der Waals surface area contributed by atoms with Crippen LogP contribution in [0.1, 0.15) is 40.5 Å². The van der Waals surface area contributed by atoms with Gasteiger partial charge in [0.15, 0.2) is 0 Å². The number of esters is 1. The second kappa shape index (κ2) is 8.36. The lowest BCUT2D eigenvalue weighted by molar-refractivity contribution is -0.158. The molecule has 0 aliphatic carbocycles. The fourth-order valence-electron chi connectivity index (χ4n) is 2.98. The number of carbonyl (C=O) groups excluding carboxylic acids is 2. The molecule has 0 saturated carbocycles. The first-order chi connectivity index (χ1) is 11.7.